The van der Waals surface area contributed by atoms with Gasteiger partial charge in [-0.05, 0) is 56.4 Å². The lowest BCUT2D eigenvalue weighted by molar-refractivity contribution is -0.133. The van der Waals surface area contributed by atoms with Gasteiger partial charge in [-0.15, -0.1) is 0 Å². The fourth-order valence-corrected chi connectivity index (χ4v) is 3.62. The number of nitrogens with zero attached hydrogens (tertiary/aromatic N) is 3. The average molecular weight is 397 g/mol. The minimum absolute atomic E-state index is 0.0128. The van der Waals surface area contributed by atoms with Crippen molar-refractivity contribution in [3.8, 4) is 0 Å². The first-order chi connectivity index (χ1) is 13.9. The zero-order valence-corrected chi connectivity index (χ0v) is 17.9. The van der Waals surface area contributed by atoms with Crippen molar-refractivity contribution in [2.45, 2.75) is 52.6 Å². The maximum atomic E-state index is 13.1. The second-order valence-electron chi connectivity index (χ2n) is 7.98. The fourth-order valence-electron chi connectivity index (χ4n) is 3.62. The molecule has 1 saturated carbocycles. The number of carbonyl (C=O) groups is 2. The van der Waals surface area contributed by atoms with E-state index < -0.39 is 0 Å². The number of nitrogens with one attached hydrogen (secondary N) is 1. The van der Waals surface area contributed by atoms with E-state index in [4.69, 9.17) is 0 Å². The van der Waals surface area contributed by atoms with Crippen molar-refractivity contribution in [2.24, 2.45) is 7.05 Å². The number of aromatic nitrogens is 1. The highest BCUT2D eigenvalue weighted by Crippen LogP contribution is 2.29. The van der Waals surface area contributed by atoms with Crippen molar-refractivity contribution in [2.75, 3.05) is 18.4 Å². The second-order valence-corrected chi connectivity index (χ2v) is 7.98. The highest BCUT2D eigenvalue weighted by Gasteiger charge is 2.34. The summed E-state index contributed by atoms with van der Waals surface area (Å²) in [5, 5.41) is 3.02. The molecule has 3 rings (SSSR count). The van der Waals surface area contributed by atoms with Gasteiger partial charge in [0.1, 0.15) is 6.54 Å². The van der Waals surface area contributed by atoms with Crippen LogP contribution >= 0.6 is 0 Å². The van der Waals surface area contributed by atoms with Crippen LogP contribution in [0.3, 0.4) is 0 Å². The van der Waals surface area contributed by atoms with Crippen LogP contribution in [0, 0.1) is 13.8 Å². The predicted molar refractivity (Wildman–Crippen MR) is 116 cm³/mol. The first-order valence-corrected chi connectivity index (χ1v) is 10.4. The van der Waals surface area contributed by atoms with Gasteiger partial charge in [-0.2, -0.15) is 0 Å². The normalized spacial score (nSPS) is 13.2. The summed E-state index contributed by atoms with van der Waals surface area (Å²) in [5.41, 5.74) is 3.97. The zero-order valence-electron chi connectivity index (χ0n) is 17.9. The van der Waals surface area contributed by atoms with Crippen molar-refractivity contribution < 1.29 is 9.59 Å². The number of para-hydroxylation sites is 1. The van der Waals surface area contributed by atoms with Gasteiger partial charge in [0.25, 0.3) is 0 Å². The van der Waals surface area contributed by atoms with Gasteiger partial charge >= 0.3 is 6.03 Å². The minimum Gasteiger partial charge on any atom is -0.353 e. The Balaban J connectivity index is 1.70. The molecule has 1 fully saturated rings. The first-order valence-electron chi connectivity index (χ1n) is 10.4. The van der Waals surface area contributed by atoms with Crippen molar-refractivity contribution in [1.82, 2.24) is 14.4 Å². The first kappa shape index (κ1) is 21.0. The summed E-state index contributed by atoms with van der Waals surface area (Å²) in [6, 6.07) is 10.0. The summed E-state index contributed by atoms with van der Waals surface area (Å²) >= 11 is 0. The molecule has 6 nitrogen and oxygen atoms in total. The molecule has 29 heavy (non-hydrogen) atoms. The number of carbonyl (C=O) groups excluding carboxylic acids is 2. The standard InChI is InChI=1S/C23H32N4O2/c1-5-13-26(23(29)24-22-17(2)8-6-9-18(22)3)16-21(28)27(19-11-12-19)15-20-10-7-14-25(20)4/h6-10,14,19H,5,11-13,15-16H2,1-4H3,(H,24,29). The largest absolute Gasteiger partial charge is 0.353 e. The number of urea groups is 1. The molecule has 0 atom stereocenters. The number of anilines is 1. The van der Waals surface area contributed by atoms with Crippen LogP contribution in [0.25, 0.3) is 0 Å². The van der Waals surface area contributed by atoms with Gasteiger partial charge in [0, 0.05) is 37.2 Å². The van der Waals surface area contributed by atoms with Gasteiger partial charge in [0.15, 0.2) is 0 Å². The second kappa shape index (κ2) is 9.16. The molecular weight excluding hydrogens is 364 g/mol. The molecule has 0 radical (unpaired) electrons. The topological polar surface area (TPSA) is 57.6 Å². The predicted octanol–water partition coefficient (Wildman–Crippen LogP) is 4.08. The van der Waals surface area contributed by atoms with Crippen LogP contribution in [-0.4, -0.2) is 45.4 Å². The Morgan fingerprint density at radius 1 is 1.14 bits per heavy atom. The summed E-state index contributed by atoms with van der Waals surface area (Å²) in [5.74, 6) is 0.0128. The number of amides is 3. The summed E-state index contributed by atoms with van der Waals surface area (Å²) in [4.78, 5) is 29.7. The van der Waals surface area contributed by atoms with Crippen molar-refractivity contribution in [3.05, 3.63) is 53.3 Å². The Kier molecular flexibility index (Phi) is 6.62. The Morgan fingerprint density at radius 3 is 2.38 bits per heavy atom. The van der Waals surface area contributed by atoms with Crippen LogP contribution in [0.1, 0.15) is 43.0 Å². The molecular formula is C23H32N4O2. The smallest absolute Gasteiger partial charge is 0.322 e. The lowest BCUT2D eigenvalue weighted by Crippen LogP contribution is -2.45. The number of benzene rings is 1. The van der Waals surface area contributed by atoms with Gasteiger partial charge in [0.05, 0.1) is 6.54 Å². The molecule has 1 aromatic heterocycles. The molecule has 0 bridgehead atoms. The average Bonchev–Trinajstić information content (AvgIpc) is 3.44. The molecule has 1 aliphatic carbocycles. The molecule has 1 aliphatic rings. The molecule has 1 aromatic carbocycles. The Bertz CT molecular complexity index is 849. The van der Waals surface area contributed by atoms with Crippen LogP contribution in [0.2, 0.25) is 0 Å². The summed E-state index contributed by atoms with van der Waals surface area (Å²) in [7, 11) is 1.99. The maximum Gasteiger partial charge on any atom is 0.322 e. The number of aryl methyl sites for hydroxylation is 3. The monoisotopic (exact) mass is 396 g/mol. The van der Waals surface area contributed by atoms with Crippen LogP contribution < -0.4 is 5.32 Å². The van der Waals surface area contributed by atoms with Crippen LogP contribution in [0.4, 0.5) is 10.5 Å². The summed E-state index contributed by atoms with van der Waals surface area (Å²) in [6.07, 6.45) is 4.87. The lowest BCUT2D eigenvalue weighted by Gasteiger charge is -2.28. The third-order valence-electron chi connectivity index (χ3n) is 5.51. The SMILES string of the molecule is CCCN(CC(=O)N(Cc1cccn1C)C1CC1)C(=O)Nc1c(C)cccc1C. The van der Waals surface area contributed by atoms with Crippen molar-refractivity contribution in [3.63, 3.8) is 0 Å². The fraction of sp³-hybridized carbons (Fsp3) is 0.478. The third kappa shape index (κ3) is 5.19. The molecule has 1 heterocycles. The third-order valence-corrected chi connectivity index (χ3v) is 5.51. The van der Waals surface area contributed by atoms with Crippen molar-refractivity contribution >= 4 is 17.6 Å². The van der Waals surface area contributed by atoms with E-state index in [0.717, 1.165) is 41.8 Å². The highest BCUT2D eigenvalue weighted by molar-refractivity contribution is 5.93. The molecule has 0 saturated heterocycles. The molecule has 156 valence electrons. The van der Waals surface area contributed by atoms with E-state index in [-0.39, 0.29) is 18.5 Å². The van der Waals surface area contributed by atoms with Gasteiger partial charge in [-0.1, -0.05) is 25.1 Å². The van der Waals surface area contributed by atoms with E-state index in [1.54, 1.807) is 4.90 Å². The van der Waals surface area contributed by atoms with E-state index in [2.05, 4.69) is 5.32 Å². The molecule has 0 spiro atoms. The zero-order chi connectivity index (χ0) is 21.0. The Hall–Kier alpha value is -2.76. The van der Waals surface area contributed by atoms with Gasteiger partial charge < -0.3 is 19.7 Å². The summed E-state index contributed by atoms with van der Waals surface area (Å²) in [6.45, 7) is 7.22. The van der Waals surface area contributed by atoms with E-state index in [1.165, 1.54) is 0 Å². The van der Waals surface area contributed by atoms with Gasteiger partial charge in [-0.3, -0.25) is 4.79 Å². The van der Waals surface area contributed by atoms with E-state index >= 15 is 0 Å². The lowest BCUT2D eigenvalue weighted by atomic mass is 10.1. The molecule has 2 aromatic rings. The maximum absolute atomic E-state index is 13.1. The molecule has 3 amide bonds. The molecule has 0 aliphatic heterocycles. The van der Waals surface area contributed by atoms with E-state index in [0.29, 0.717) is 19.1 Å². The van der Waals surface area contributed by atoms with E-state index in [1.807, 2.05) is 73.8 Å². The van der Waals surface area contributed by atoms with Crippen LogP contribution in [0.15, 0.2) is 36.5 Å². The molecule has 1 N–H and O–H groups in total. The number of hydrogen-bond acceptors (Lipinski definition) is 2. The highest BCUT2D eigenvalue weighted by atomic mass is 16.2. The quantitative estimate of drug-likeness (QED) is 0.731. The van der Waals surface area contributed by atoms with Gasteiger partial charge in [-0.25, -0.2) is 4.79 Å². The Labute approximate surface area is 173 Å². The van der Waals surface area contributed by atoms with Gasteiger partial charge in [0.2, 0.25) is 5.91 Å². The summed E-state index contributed by atoms with van der Waals surface area (Å²) < 4.78 is 2.04. The molecule has 0 unspecified atom stereocenters. The number of rotatable bonds is 8. The van der Waals surface area contributed by atoms with E-state index in [9.17, 15) is 9.59 Å². The van der Waals surface area contributed by atoms with Crippen molar-refractivity contribution in [1.29, 1.82) is 0 Å². The molecule has 6 heteroatoms. The Morgan fingerprint density at radius 2 is 1.83 bits per heavy atom. The number of hydrogen-bond donors (Lipinski definition) is 1. The minimum atomic E-state index is -0.216. The van der Waals surface area contributed by atoms with Crippen LogP contribution in [0.5, 0.6) is 0 Å². The van der Waals surface area contributed by atoms with Crippen LogP contribution in [-0.2, 0) is 18.4 Å².